The van der Waals surface area contributed by atoms with E-state index in [4.69, 9.17) is 10.2 Å². The largest absolute Gasteiger partial charge is 0.458 e. The van der Waals surface area contributed by atoms with Crippen molar-refractivity contribution in [1.29, 1.82) is 0 Å². The molecule has 1 heterocycles. The number of fused-ring (bicyclic) bond motifs is 1. The molecule has 0 fully saturated rings. The molecule has 3 aromatic rings. The molecule has 29 heavy (non-hydrogen) atoms. The summed E-state index contributed by atoms with van der Waals surface area (Å²) in [7, 11) is 0. The van der Waals surface area contributed by atoms with Crippen molar-refractivity contribution < 1.29 is 22.8 Å². The van der Waals surface area contributed by atoms with Crippen molar-refractivity contribution in [3.8, 4) is 0 Å². The summed E-state index contributed by atoms with van der Waals surface area (Å²) in [5, 5.41) is 5.48. The van der Waals surface area contributed by atoms with Crippen molar-refractivity contribution >= 4 is 28.6 Å². The highest BCUT2D eigenvalue weighted by molar-refractivity contribution is 5.96. The van der Waals surface area contributed by atoms with E-state index in [0.29, 0.717) is 17.0 Å². The van der Waals surface area contributed by atoms with Gasteiger partial charge in [0.2, 0.25) is 5.91 Å². The lowest BCUT2D eigenvalue weighted by atomic mass is 9.98. The Morgan fingerprint density at radius 3 is 2.52 bits per heavy atom. The van der Waals surface area contributed by atoms with Gasteiger partial charge in [0.25, 0.3) is 0 Å². The Labute approximate surface area is 166 Å². The second kappa shape index (κ2) is 7.90. The van der Waals surface area contributed by atoms with Gasteiger partial charge in [0, 0.05) is 16.8 Å². The molecule has 8 heteroatoms. The number of nitrogens with two attached hydrogens (primary N) is 1. The van der Waals surface area contributed by atoms with Crippen LogP contribution in [0.2, 0.25) is 0 Å². The number of rotatable bonds is 5. The SMILES string of the molecule is Cc1c([C@@H](NC(=O)Nc2cccc(C(N)=O)c2)C(C)C)oc2ccc(F)c(F)c12. The number of hydrogen-bond acceptors (Lipinski definition) is 3. The number of carbonyl (C=O) groups excluding carboxylic acids is 2. The Hall–Kier alpha value is -3.42. The molecule has 3 amide bonds. The van der Waals surface area contributed by atoms with Gasteiger partial charge in [0.1, 0.15) is 11.3 Å². The summed E-state index contributed by atoms with van der Waals surface area (Å²) in [5.41, 5.74) is 6.52. The molecule has 0 saturated carbocycles. The molecule has 0 bridgehead atoms. The van der Waals surface area contributed by atoms with E-state index in [1.807, 2.05) is 13.8 Å². The predicted octanol–water partition coefficient (Wildman–Crippen LogP) is 4.64. The molecular weight excluding hydrogens is 380 g/mol. The summed E-state index contributed by atoms with van der Waals surface area (Å²) >= 11 is 0. The number of benzene rings is 2. The summed E-state index contributed by atoms with van der Waals surface area (Å²) < 4.78 is 33.6. The molecule has 6 nitrogen and oxygen atoms in total. The number of amides is 3. The van der Waals surface area contributed by atoms with E-state index >= 15 is 0 Å². The highest BCUT2D eigenvalue weighted by Crippen LogP contribution is 2.35. The summed E-state index contributed by atoms with van der Waals surface area (Å²) in [4.78, 5) is 23.8. The Morgan fingerprint density at radius 1 is 1.14 bits per heavy atom. The Bertz CT molecular complexity index is 1090. The van der Waals surface area contributed by atoms with Crippen molar-refractivity contribution in [3.63, 3.8) is 0 Å². The highest BCUT2D eigenvalue weighted by atomic mass is 19.2. The maximum atomic E-state index is 14.2. The minimum absolute atomic E-state index is 0.0574. The van der Waals surface area contributed by atoms with Gasteiger partial charge in [0.05, 0.1) is 11.4 Å². The summed E-state index contributed by atoms with van der Waals surface area (Å²) in [5.74, 6) is -2.31. The van der Waals surface area contributed by atoms with Crippen LogP contribution in [0.15, 0.2) is 40.8 Å². The Balaban J connectivity index is 1.88. The first-order valence-corrected chi connectivity index (χ1v) is 9.03. The number of nitrogens with one attached hydrogen (secondary N) is 2. The maximum Gasteiger partial charge on any atom is 0.319 e. The average molecular weight is 401 g/mol. The zero-order valence-corrected chi connectivity index (χ0v) is 16.2. The van der Waals surface area contributed by atoms with Crippen LogP contribution < -0.4 is 16.4 Å². The molecule has 3 rings (SSSR count). The van der Waals surface area contributed by atoms with E-state index in [-0.39, 0.29) is 22.5 Å². The van der Waals surface area contributed by atoms with Gasteiger partial charge in [-0.2, -0.15) is 0 Å². The molecule has 0 radical (unpaired) electrons. The third-order valence-corrected chi connectivity index (χ3v) is 4.66. The number of aryl methyl sites for hydroxylation is 1. The summed E-state index contributed by atoms with van der Waals surface area (Å²) in [6, 6.07) is 7.42. The lowest BCUT2D eigenvalue weighted by molar-refractivity contribution is 0.1000. The van der Waals surface area contributed by atoms with E-state index in [2.05, 4.69) is 10.6 Å². The number of anilines is 1. The standard InChI is InChI=1S/C21H21F2N3O3/c1-10(2)18(19-11(3)16-15(29-19)8-7-14(22)17(16)23)26-21(28)25-13-6-4-5-12(9-13)20(24)27/h4-10,18H,1-3H3,(H2,24,27)(H2,25,26,28)/t18-/m0/s1. The molecule has 0 aliphatic heterocycles. The minimum atomic E-state index is -0.981. The van der Waals surface area contributed by atoms with E-state index in [0.717, 1.165) is 6.07 Å². The average Bonchev–Trinajstić information content (AvgIpc) is 2.99. The van der Waals surface area contributed by atoms with Crippen molar-refractivity contribution in [2.45, 2.75) is 26.8 Å². The molecule has 4 N–H and O–H groups in total. The van der Waals surface area contributed by atoms with Gasteiger partial charge in [-0.1, -0.05) is 19.9 Å². The quantitative estimate of drug-likeness (QED) is 0.581. The number of furan rings is 1. The number of carbonyl (C=O) groups is 2. The van der Waals surface area contributed by atoms with Crippen molar-refractivity contribution in [2.75, 3.05) is 5.32 Å². The van der Waals surface area contributed by atoms with Crippen LogP contribution in [0, 0.1) is 24.5 Å². The minimum Gasteiger partial charge on any atom is -0.458 e. The van der Waals surface area contributed by atoms with Gasteiger partial charge in [-0.25, -0.2) is 13.6 Å². The van der Waals surface area contributed by atoms with Gasteiger partial charge in [0.15, 0.2) is 11.6 Å². The molecule has 2 aromatic carbocycles. The third kappa shape index (κ3) is 4.06. The smallest absolute Gasteiger partial charge is 0.319 e. The highest BCUT2D eigenvalue weighted by Gasteiger charge is 2.27. The van der Waals surface area contributed by atoms with Crippen LogP contribution in [0.25, 0.3) is 11.0 Å². The van der Waals surface area contributed by atoms with E-state index in [1.165, 1.54) is 18.2 Å². The molecular formula is C21H21F2N3O3. The molecule has 1 atom stereocenters. The second-order valence-electron chi connectivity index (χ2n) is 7.09. The fourth-order valence-electron chi connectivity index (χ4n) is 3.18. The first-order chi connectivity index (χ1) is 13.7. The van der Waals surface area contributed by atoms with E-state index in [9.17, 15) is 18.4 Å². The van der Waals surface area contributed by atoms with Crippen LogP contribution in [-0.2, 0) is 0 Å². The molecule has 0 unspecified atom stereocenters. The molecule has 152 valence electrons. The van der Waals surface area contributed by atoms with Gasteiger partial charge in [-0.15, -0.1) is 0 Å². The molecule has 0 aliphatic carbocycles. The fraction of sp³-hybridized carbons (Fsp3) is 0.238. The van der Waals surface area contributed by atoms with Crippen molar-refractivity contribution in [1.82, 2.24) is 5.32 Å². The van der Waals surface area contributed by atoms with Crippen LogP contribution in [0.4, 0.5) is 19.3 Å². The van der Waals surface area contributed by atoms with Crippen LogP contribution in [-0.4, -0.2) is 11.9 Å². The van der Waals surface area contributed by atoms with Crippen LogP contribution in [0.3, 0.4) is 0 Å². The lowest BCUT2D eigenvalue weighted by Crippen LogP contribution is -2.35. The summed E-state index contributed by atoms with van der Waals surface area (Å²) in [6.45, 7) is 5.35. The molecule has 0 saturated heterocycles. The van der Waals surface area contributed by atoms with Gasteiger partial charge in [-0.3, -0.25) is 4.79 Å². The molecule has 1 aromatic heterocycles. The summed E-state index contributed by atoms with van der Waals surface area (Å²) in [6.07, 6.45) is 0. The number of primary amides is 1. The number of urea groups is 1. The van der Waals surface area contributed by atoms with Crippen LogP contribution in [0.1, 0.15) is 41.6 Å². The first-order valence-electron chi connectivity index (χ1n) is 9.03. The zero-order chi connectivity index (χ0) is 21.3. The first kappa shape index (κ1) is 20.3. The van der Waals surface area contributed by atoms with Crippen LogP contribution >= 0.6 is 0 Å². The predicted molar refractivity (Wildman–Crippen MR) is 106 cm³/mol. The second-order valence-corrected chi connectivity index (χ2v) is 7.09. The van der Waals surface area contributed by atoms with Crippen LogP contribution in [0.5, 0.6) is 0 Å². The molecule has 0 aliphatic rings. The van der Waals surface area contributed by atoms with Crippen molar-refractivity contribution in [2.24, 2.45) is 11.7 Å². The van der Waals surface area contributed by atoms with Gasteiger partial charge < -0.3 is 20.8 Å². The Morgan fingerprint density at radius 2 is 1.86 bits per heavy atom. The normalized spacial score (nSPS) is 12.2. The van der Waals surface area contributed by atoms with Gasteiger partial charge in [-0.05, 0) is 43.2 Å². The maximum absolute atomic E-state index is 14.2. The fourth-order valence-corrected chi connectivity index (χ4v) is 3.18. The molecule has 0 spiro atoms. The third-order valence-electron chi connectivity index (χ3n) is 4.66. The monoisotopic (exact) mass is 401 g/mol. The number of halogens is 2. The van der Waals surface area contributed by atoms with Gasteiger partial charge >= 0.3 is 6.03 Å². The number of hydrogen-bond donors (Lipinski definition) is 3. The zero-order valence-electron chi connectivity index (χ0n) is 16.2. The lowest BCUT2D eigenvalue weighted by Gasteiger charge is -2.21. The van der Waals surface area contributed by atoms with E-state index in [1.54, 1.807) is 19.1 Å². The van der Waals surface area contributed by atoms with E-state index < -0.39 is 29.6 Å². The topological polar surface area (TPSA) is 97.4 Å². The van der Waals surface area contributed by atoms with Crippen molar-refractivity contribution in [3.05, 3.63) is 64.9 Å². The Kier molecular flexibility index (Phi) is 5.54.